The third kappa shape index (κ3) is 4.14. The van der Waals surface area contributed by atoms with Crippen LogP contribution in [0.1, 0.15) is 10.4 Å². The van der Waals surface area contributed by atoms with E-state index in [0.29, 0.717) is 15.9 Å². The van der Waals surface area contributed by atoms with E-state index in [-0.39, 0.29) is 11.7 Å². The Bertz CT molecular complexity index is 970. The molecule has 5 nitrogen and oxygen atoms in total. The van der Waals surface area contributed by atoms with Crippen LogP contribution in [0.25, 0.3) is 11.4 Å². The second-order valence-electron chi connectivity index (χ2n) is 5.66. The van der Waals surface area contributed by atoms with E-state index >= 15 is 0 Å². The Morgan fingerprint density at radius 1 is 1.38 bits per heavy atom. The number of hydrogen-bond donors (Lipinski definition) is 1. The van der Waals surface area contributed by atoms with Gasteiger partial charge in [0.1, 0.15) is 0 Å². The van der Waals surface area contributed by atoms with Crippen LogP contribution in [0.3, 0.4) is 0 Å². The Morgan fingerprint density at radius 2 is 2.15 bits per heavy atom. The molecule has 9 heteroatoms. The van der Waals surface area contributed by atoms with Crippen LogP contribution < -0.4 is 5.32 Å². The zero-order valence-corrected chi connectivity index (χ0v) is 18.3. The first-order chi connectivity index (χ1) is 12.4. The summed E-state index contributed by atoms with van der Waals surface area (Å²) in [5, 5.41) is 14.6. The average molecular weight is 472 g/mol. The number of halogens is 2. The smallest absolute Gasteiger partial charge is 0.234 e. The standard InChI is InChI=1S/C17H16BrClN4OS2/c1-9-10(2)25-7-12(9)16-21-22-17(23(16)3)26-8-15(24)20-14-5-4-11(18)6-13(14)19/h4-7H,8H2,1-3H3,(H,20,24). The van der Waals surface area contributed by atoms with Crippen molar-refractivity contribution in [1.29, 1.82) is 0 Å². The van der Waals surface area contributed by atoms with Gasteiger partial charge in [-0.3, -0.25) is 4.79 Å². The number of amides is 1. The molecule has 1 amide bonds. The lowest BCUT2D eigenvalue weighted by molar-refractivity contribution is -0.113. The van der Waals surface area contributed by atoms with Crippen LogP contribution in [-0.2, 0) is 11.8 Å². The summed E-state index contributed by atoms with van der Waals surface area (Å²) in [6.07, 6.45) is 0. The molecule has 1 N–H and O–H groups in total. The highest BCUT2D eigenvalue weighted by Gasteiger charge is 2.16. The average Bonchev–Trinajstić information content (AvgIpc) is 3.11. The zero-order chi connectivity index (χ0) is 18.8. The normalized spacial score (nSPS) is 11.0. The number of hydrogen-bond acceptors (Lipinski definition) is 5. The number of rotatable bonds is 5. The van der Waals surface area contributed by atoms with Gasteiger partial charge < -0.3 is 9.88 Å². The number of carbonyl (C=O) groups excluding carboxylic acids is 1. The van der Waals surface area contributed by atoms with E-state index in [2.05, 4.69) is 50.7 Å². The number of aromatic nitrogens is 3. The Labute approximate surface area is 173 Å². The highest BCUT2D eigenvalue weighted by molar-refractivity contribution is 9.10. The summed E-state index contributed by atoms with van der Waals surface area (Å²) in [6.45, 7) is 4.17. The van der Waals surface area contributed by atoms with E-state index in [1.54, 1.807) is 23.5 Å². The third-order valence-corrected chi connectivity index (χ3v) is 6.74. The fraction of sp³-hybridized carbons (Fsp3) is 0.235. The molecule has 0 aliphatic rings. The zero-order valence-electron chi connectivity index (χ0n) is 14.3. The van der Waals surface area contributed by atoms with E-state index in [1.807, 2.05) is 17.7 Å². The maximum Gasteiger partial charge on any atom is 0.234 e. The van der Waals surface area contributed by atoms with Gasteiger partial charge in [-0.25, -0.2) is 0 Å². The molecule has 0 fully saturated rings. The molecule has 26 heavy (non-hydrogen) atoms. The molecule has 136 valence electrons. The van der Waals surface area contributed by atoms with Gasteiger partial charge in [-0.05, 0) is 37.6 Å². The van der Waals surface area contributed by atoms with Crippen molar-refractivity contribution in [3.8, 4) is 11.4 Å². The van der Waals surface area contributed by atoms with Gasteiger partial charge in [0.25, 0.3) is 0 Å². The van der Waals surface area contributed by atoms with Crippen molar-refractivity contribution in [3.63, 3.8) is 0 Å². The minimum Gasteiger partial charge on any atom is -0.324 e. The van der Waals surface area contributed by atoms with E-state index in [4.69, 9.17) is 11.6 Å². The Morgan fingerprint density at radius 3 is 2.81 bits per heavy atom. The number of thiophene rings is 1. The number of anilines is 1. The van der Waals surface area contributed by atoms with Crippen molar-refractivity contribution in [2.75, 3.05) is 11.1 Å². The highest BCUT2D eigenvalue weighted by Crippen LogP contribution is 2.31. The SMILES string of the molecule is Cc1scc(-c2nnc(SCC(=O)Nc3ccc(Br)cc3Cl)n2C)c1C. The third-order valence-electron chi connectivity index (χ3n) is 3.90. The molecule has 0 radical (unpaired) electrons. The van der Waals surface area contributed by atoms with Crippen LogP contribution in [0.4, 0.5) is 5.69 Å². The first-order valence-electron chi connectivity index (χ1n) is 7.69. The molecule has 0 aliphatic carbocycles. The minimum atomic E-state index is -0.147. The molecule has 0 saturated carbocycles. The predicted molar refractivity (Wildman–Crippen MR) is 112 cm³/mol. The van der Waals surface area contributed by atoms with Crippen molar-refractivity contribution in [1.82, 2.24) is 14.8 Å². The first-order valence-corrected chi connectivity index (χ1v) is 10.7. The topological polar surface area (TPSA) is 59.8 Å². The van der Waals surface area contributed by atoms with Crippen LogP contribution in [0.5, 0.6) is 0 Å². The number of aryl methyl sites for hydroxylation is 1. The Hall–Kier alpha value is -1.35. The molecule has 0 saturated heterocycles. The molecule has 2 heterocycles. The van der Waals surface area contributed by atoms with Crippen LogP contribution in [0, 0.1) is 13.8 Å². The molecule has 0 atom stereocenters. The first kappa shape index (κ1) is 19.4. The number of nitrogens with one attached hydrogen (secondary N) is 1. The van der Waals surface area contributed by atoms with Crippen LogP contribution in [0.15, 0.2) is 33.2 Å². The van der Waals surface area contributed by atoms with Crippen molar-refractivity contribution in [2.45, 2.75) is 19.0 Å². The predicted octanol–water partition coefficient (Wildman–Crippen LogP) is 5.31. The van der Waals surface area contributed by atoms with E-state index < -0.39 is 0 Å². The molecule has 3 aromatic rings. The largest absolute Gasteiger partial charge is 0.324 e. The second-order valence-corrected chi connectivity index (χ2v) is 9.01. The highest BCUT2D eigenvalue weighted by atomic mass is 79.9. The fourth-order valence-electron chi connectivity index (χ4n) is 2.32. The van der Waals surface area contributed by atoms with Crippen molar-refractivity contribution >= 4 is 62.2 Å². The number of benzene rings is 1. The Kier molecular flexibility index (Phi) is 6.06. The van der Waals surface area contributed by atoms with Gasteiger partial charge in [0.05, 0.1) is 16.5 Å². The summed E-state index contributed by atoms with van der Waals surface area (Å²) < 4.78 is 2.78. The minimum absolute atomic E-state index is 0.147. The summed E-state index contributed by atoms with van der Waals surface area (Å²) in [5.74, 6) is 0.886. The lowest BCUT2D eigenvalue weighted by atomic mass is 10.2. The van der Waals surface area contributed by atoms with E-state index in [9.17, 15) is 4.79 Å². The summed E-state index contributed by atoms with van der Waals surface area (Å²) >= 11 is 12.5. The molecule has 3 rings (SSSR count). The maximum atomic E-state index is 12.2. The summed E-state index contributed by atoms with van der Waals surface area (Å²) in [5.41, 5.74) is 2.88. The molecular weight excluding hydrogens is 456 g/mol. The quantitative estimate of drug-likeness (QED) is 0.512. The van der Waals surface area contributed by atoms with Gasteiger partial charge in [0, 0.05) is 27.3 Å². The van der Waals surface area contributed by atoms with Crippen LogP contribution in [0.2, 0.25) is 5.02 Å². The lowest BCUT2D eigenvalue weighted by Crippen LogP contribution is -2.14. The van der Waals surface area contributed by atoms with Crippen LogP contribution in [-0.4, -0.2) is 26.4 Å². The molecule has 0 spiro atoms. The summed E-state index contributed by atoms with van der Waals surface area (Å²) in [6, 6.07) is 5.33. The number of nitrogens with zero attached hydrogens (tertiary/aromatic N) is 3. The number of carbonyl (C=O) groups is 1. The van der Waals surface area contributed by atoms with Gasteiger partial charge in [-0.1, -0.05) is 39.3 Å². The molecule has 0 bridgehead atoms. The van der Waals surface area contributed by atoms with Gasteiger partial charge in [-0.2, -0.15) is 0 Å². The van der Waals surface area contributed by atoms with Gasteiger partial charge in [-0.15, -0.1) is 21.5 Å². The molecular formula is C17H16BrClN4OS2. The maximum absolute atomic E-state index is 12.2. The van der Waals surface area contributed by atoms with Crippen molar-refractivity contribution < 1.29 is 4.79 Å². The Balaban J connectivity index is 1.67. The van der Waals surface area contributed by atoms with Crippen molar-refractivity contribution in [3.05, 3.63) is 43.5 Å². The van der Waals surface area contributed by atoms with Gasteiger partial charge in [0.2, 0.25) is 5.91 Å². The summed E-state index contributed by atoms with van der Waals surface area (Å²) in [7, 11) is 1.91. The van der Waals surface area contributed by atoms with E-state index in [0.717, 1.165) is 15.9 Å². The molecule has 0 unspecified atom stereocenters. The summed E-state index contributed by atoms with van der Waals surface area (Å²) in [4.78, 5) is 13.5. The molecule has 0 aliphatic heterocycles. The molecule has 2 aromatic heterocycles. The molecule has 1 aromatic carbocycles. The lowest BCUT2D eigenvalue weighted by Gasteiger charge is -2.07. The fourth-order valence-corrected chi connectivity index (χ4v) is 4.61. The second kappa shape index (κ2) is 8.12. The van der Waals surface area contributed by atoms with E-state index in [1.165, 1.54) is 22.2 Å². The number of thioether (sulfide) groups is 1. The van der Waals surface area contributed by atoms with Gasteiger partial charge >= 0.3 is 0 Å². The monoisotopic (exact) mass is 470 g/mol. The van der Waals surface area contributed by atoms with Crippen LogP contribution >= 0.6 is 50.6 Å². The van der Waals surface area contributed by atoms with Crippen molar-refractivity contribution in [2.24, 2.45) is 7.05 Å². The van der Waals surface area contributed by atoms with Gasteiger partial charge in [0.15, 0.2) is 11.0 Å².